The molecular formula is C21H27N2O2+. The standard InChI is InChI=1S/C21H27N2O2/c1-3-5-6-18(4-2)17-25-23-15-11-20(12-16-23)21(24)8-7-19-9-13-22-14-10-19/h7-16,18H,3-6,17H2,1-2H3/q+1/b8-7+. The summed E-state index contributed by atoms with van der Waals surface area (Å²) < 4.78 is 1.68. The normalized spacial score (nSPS) is 12.2. The molecule has 1 unspecified atom stereocenters. The molecule has 2 rings (SSSR count). The summed E-state index contributed by atoms with van der Waals surface area (Å²) in [5.41, 5.74) is 1.60. The van der Waals surface area contributed by atoms with E-state index in [2.05, 4.69) is 18.8 Å². The Balaban J connectivity index is 1.88. The van der Waals surface area contributed by atoms with Crippen LogP contribution in [-0.4, -0.2) is 17.4 Å². The SMILES string of the molecule is CCCCC(CC)CO[n+]1ccc(C(=O)/C=C/c2ccncc2)cc1. The van der Waals surface area contributed by atoms with E-state index in [1.54, 1.807) is 53.8 Å². The maximum Gasteiger partial charge on any atom is 0.223 e. The number of ketones is 1. The number of pyridine rings is 2. The molecule has 0 N–H and O–H groups in total. The summed E-state index contributed by atoms with van der Waals surface area (Å²) in [6, 6.07) is 7.29. The highest BCUT2D eigenvalue weighted by molar-refractivity contribution is 6.06. The average Bonchev–Trinajstić information content (AvgIpc) is 2.67. The van der Waals surface area contributed by atoms with Gasteiger partial charge in [-0.05, 0) is 42.5 Å². The van der Waals surface area contributed by atoms with Crippen LogP contribution in [0.4, 0.5) is 0 Å². The van der Waals surface area contributed by atoms with Crippen molar-refractivity contribution >= 4 is 11.9 Å². The first-order valence-corrected chi connectivity index (χ1v) is 9.00. The molecule has 0 aliphatic rings. The minimum Gasteiger partial charge on any atom is -0.289 e. The summed E-state index contributed by atoms with van der Waals surface area (Å²) in [4.78, 5) is 22.0. The van der Waals surface area contributed by atoms with Gasteiger partial charge in [0.1, 0.15) is 0 Å². The number of allylic oxidation sites excluding steroid dienone is 1. The van der Waals surface area contributed by atoms with E-state index >= 15 is 0 Å². The van der Waals surface area contributed by atoms with Crippen LogP contribution in [0.3, 0.4) is 0 Å². The first kappa shape index (κ1) is 18.8. The van der Waals surface area contributed by atoms with Crippen LogP contribution in [0.2, 0.25) is 0 Å². The average molecular weight is 339 g/mol. The van der Waals surface area contributed by atoms with Gasteiger partial charge in [0.05, 0.1) is 0 Å². The van der Waals surface area contributed by atoms with E-state index in [-0.39, 0.29) is 5.78 Å². The maximum absolute atomic E-state index is 12.2. The van der Waals surface area contributed by atoms with E-state index < -0.39 is 0 Å². The third kappa shape index (κ3) is 6.49. The quantitative estimate of drug-likeness (QED) is 0.374. The third-order valence-corrected chi connectivity index (χ3v) is 4.22. The molecule has 0 aliphatic carbocycles. The maximum atomic E-state index is 12.2. The van der Waals surface area contributed by atoms with Crippen LogP contribution in [0.15, 0.2) is 55.1 Å². The summed E-state index contributed by atoms with van der Waals surface area (Å²) in [7, 11) is 0. The molecule has 1 atom stereocenters. The summed E-state index contributed by atoms with van der Waals surface area (Å²) in [5, 5.41) is 0. The van der Waals surface area contributed by atoms with Crippen LogP contribution in [0.25, 0.3) is 6.08 Å². The number of carbonyl (C=O) groups excluding carboxylic acids is 1. The van der Waals surface area contributed by atoms with Gasteiger partial charge in [-0.1, -0.05) is 32.8 Å². The second kappa shape index (κ2) is 10.4. The Kier molecular flexibility index (Phi) is 7.83. The van der Waals surface area contributed by atoms with Crippen molar-refractivity contribution in [2.75, 3.05) is 6.61 Å². The van der Waals surface area contributed by atoms with E-state index in [0.717, 1.165) is 12.0 Å². The lowest BCUT2D eigenvalue weighted by Crippen LogP contribution is -2.44. The van der Waals surface area contributed by atoms with Crippen LogP contribution >= 0.6 is 0 Å². The Morgan fingerprint density at radius 2 is 1.92 bits per heavy atom. The number of hydrogen-bond acceptors (Lipinski definition) is 3. The number of nitrogens with zero attached hydrogens (tertiary/aromatic N) is 2. The summed E-state index contributed by atoms with van der Waals surface area (Å²) in [5.74, 6) is 0.551. The zero-order valence-electron chi connectivity index (χ0n) is 15.1. The Hall–Kier alpha value is -2.49. The predicted octanol–water partition coefficient (Wildman–Crippen LogP) is 3.91. The first-order chi connectivity index (χ1) is 12.2. The number of unbranched alkanes of at least 4 members (excludes halogenated alkanes) is 1. The van der Waals surface area contributed by atoms with Crippen LogP contribution in [0.5, 0.6) is 0 Å². The lowest BCUT2D eigenvalue weighted by molar-refractivity contribution is -0.892. The molecule has 0 saturated heterocycles. The minimum atomic E-state index is -0.0293. The van der Waals surface area contributed by atoms with Gasteiger partial charge in [0.2, 0.25) is 12.4 Å². The topological polar surface area (TPSA) is 43.1 Å². The van der Waals surface area contributed by atoms with Crippen LogP contribution < -0.4 is 9.57 Å². The largest absolute Gasteiger partial charge is 0.289 e. The molecule has 0 aliphatic heterocycles. The zero-order chi connectivity index (χ0) is 17.9. The number of rotatable bonds is 10. The molecule has 2 aromatic heterocycles. The first-order valence-electron chi connectivity index (χ1n) is 9.00. The van der Waals surface area contributed by atoms with E-state index in [1.807, 2.05) is 12.1 Å². The summed E-state index contributed by atoms with van der Waals surface area (Å²) >= 11 is 0. The molecular weight excluding hydrogens is 312 g/mol. The van der Waals surface area contributed by atoms with Gasteiger partial charge in [0.25, 0.3) is 0 Å². The molecule has 2 heterocycles. The number of hydrogen-bond donors (Lipinski definition) is 0. The van der Waals surface area contributed by atoms with Gasteiger partial charge < -0.3 is 0 Å². The molecule has 25 heavy (non-hydrogen) atoms. The Morgan fingerprint density at radius 1 is 1.20 bits per heavy atom. The number of aromatic nitrogens is 2. The van der Waals surface area contributed by atoms with Crippen molar-refractivity contribution in [1.29, 1.82) is 0 Å². The summed E-state index contributed by atoms with van der Waals surface area (Å²) in [6.07, 6.45) is 15.1. The molecule has 0 amide bonds. The van der Waals surface area contributed by atoms with Gasteiger partial charge in [-0.25, -0.2) is 0 Å². The van der Waals surface area contributed by atoms with Crippen molar-refractivity contribution in [3.05, 3.63) is 66.3 Å². The highest BCUT2D eigenvalue weighted by Crippen LogP contribution is 2.11. The Morgan fingerprint density at radius 3 is 2.56 bits per heavy atom. The van der Waals surface area contributed by atoms with E-state index in [9.17, 15) is 4.79 Å². The zero-order valence-corrected chi connectivity index (χ0v) is 15.1. The van der Waals surface area contributed by atoms with Crippen molar-refractivity contribution in [1.82, 2.24) is 4.98 Å². The van der Waals surface area contributed by atoms with Crippen LogP contribution in [0, 0.1) is 5.92 Å². The second-order valence-corrected chi connectivity index (χ2v) is 6.14. The van der Waals surface area contributed by atoms with Crippen molar-refractivity contribution in [2.24, 2.45) is 5.92 Å². The van der Waals surface area contributed by atoms with Gasteiger partial charge in [-0.3, -0.25) is 14.6 Å². The Bertz CT molecular complexity index is 666. The molecule has 132 valence electrons. The lowest BCUT2D eigenvalue weighted by atomic mass is 10.0. The molecule has 2 aromatic rings. The van der Waals surface area contributed by atoms with E-state index in [0.29, 0.717) is 18.1 Å². The Labute approximate surface area is 150 Å². The minimum absolute atomic E-state index is 0.0293. The third-order valence-electron chi connectivity index (χ3n) is 4.22. The molecule has 0 fully saturated rings. The van der Waals surface area contributed by atoms with E-state index in [1.165, 1.54) is 19.3 Å². The molecule has 0 saturated carbocycles. The van der Waals surface area contributed by atoms with E-state index in [4.69, 9.17) is 4.84 Å². The predicted molar refractivity (Wildman–Crippen MR) is 99.0 cm³/mol. The molecule has 0 bridgehead atoms. The fraction of sp³-hybridized carbons (Fsp3) is 0.381. The van der Waals surface area contributed by atoms with Crippen LogP contribution in [0.1, 0.15) is 55.5 Å². The smallest absolute Gasteiger partial charge is 0.223 e. The van der Waals surface area contributed by atoms with Crippen molar-refractivity contribution < 1.29 is 14.4 Å². The van der Waals surface area contributed by atoms with Crippen molar-refractivity contribution in [3.63, 3.8) is 0 Å². The molecule has 0 aromatic carbocycles. The van der Waals surface area contributed by atoms with Crippen LogP contribution in [-0.2, 0) is 0 Å². The molecule has 4 nitrogen and oxygen atoms in total. The molecule has 4 heteroatoms. The lowest BCUT2D eigenvalue weighted by Gasteiger charge is -2.11. The van der Waals surface area contributed by atoms with Gasteiger partial charge in [0.15, 0.2) is 12.4 Å². The van der Waals surface area contributed by atoms with Gasteiger partial charge in [0, 0.05) is 34.8 Å². The van der Waals surface area contributed by atoms with Gasteiger partial charge in [-0.2, -0.15) is 0 Å². The fourth-order valence-corrected chi connectivity index (χ4v) is 2.50. The highest BCUT2D eigenvalue weighted by atomic mass is 16.7. The molecule has 0 spiro atoms. The fourth-order valence-electron chi connectivity index (χ4n) is 2.50. The van der Waals surface area contributed by atoms with Gasteiger partial charge >= 0.3 is 0 Å². The van der Waals surface area contributed by atoms with Gasteiger partial charge in [-0.15, -0.1) is 0 Å². The number of carbonyl (C=O) groups is 1. The van der Waals surface area contributed by atoms with Crippen molar-refractivity contribution in [3.8, 4) is 0 Å². The molecule has 0 radical (unpaired) electrons. The monoisotopic (exact) mass is 339 g/mol. The second-order valence-electron chi connectivity index (χ2n) is 6.14. The summed E-state index contributed by atoms with van der Waals surface area (Å²) in [6.45, 7) is 5.11. The highest BCUT2D eigenvalue weighted by Gasteiger charge is 2.11. The van der Waals surface area contributed by atoms with Crippen molar-refractivity contribution in [2.45, 2.75) is 39.5 Å².